The maximum Gasteiger partial charge on any atom is 0.308 e. The minimum atomic E-state index is -0.689. The molecule has 0 aromatic carbocycles. The number of likely N-dealkylation sites (tertiary alicyclic amines) is 4. The first-order chi connectivity index (χ1) is 31.2. The molecule has 11 heteroatoms. The molecule has 0 aromatic rings. The lowest BCUT2D eigenvalue weighted by molar-refractivity contribution is -0.147. The number of rotatable bonds is 9. The smallest absolute Gasteiger partial charge is 0.308 e. The molecule has 1 saturated carbocycles. The third-order valence-electron chi connectivity index (χ3n) is 15.6. The van der Waals surface area contributed by atoms with Gasteiger partial charge in [-0.2, -0.15) is 0 Å². The van der Waals surface area contributed by atoms with E-state index >= 15 is 0 Å². The first-order valence-electron chi connectivity index (χ1n) is 27.7. The summed E-state index contributed by atoms with van der Waals surface area (Å²) in [5, 5.41) is 0. The van der Waals surface area contributed by atoms with Gasteiger partial charge in [-0.3, -0.25) is 19.5 Å². The van der Waals surface area contributed by atoms with E-state index in [1.165, 1.54) is 130 Å². The van der Waals surface area contributed by atoms with Crippen molar-refractivity contribution in [1.29, 1.82) is 0 Å². The van der Waals surface area contributed by atoms with E-state index in [4.69, 9.17) is 4.74 Å². The van der Waals surface area contributed by atoms with Crippen LogP contribution in [0.15, 0.2) is 0 Å². The molecule has 0 radical (unpaired) electrons. The van der Waals surface area contributed by atoms with Crippen molar-refractivity contribution in [3.63, 3.8) is 0 Å². The van der Waals surface area contributed by atoms with Gasteiger partial charge in [0.2, 0.25) is 0 Å². The maximum atomic E-state index is 12.7. The van der Waals surface area contributed by atoms with E-state index in [-0.39, 0.29) is 11.9 Å². The van der Waals surface area contributed by atoms with Gasteiger partial charge in [-0.25, -0.2) is 4.39 Å². The lowest BCUT2D eigenvalue weighted by Gasteiger charge is -2.37. The van der Waals surface area contributed by atoms with Crippen LogP contribution in [0.5, 0.6) is 0 Å². The van der Waals surface area contributed by atoms with E-state index in [0.717, 1.165) is 87.6 Å². The van der Waals surface area contributed by atoms with Gasteiger partial charge in [-0.15, -0.1) is 0 Å². The lowest BCUT2D eigenvalue weighted by atomic mass is 9.94. The molecule has 7 aliphatic rings. The fourth-order valence-electron chi connectivity index (χ4n) is 10.4. The predicted octanol–water partition coefficient (Wildman–Crippen LogP) is 9.57. The number of carbonyl (C=O) groups is 1. The van der Waals surface area contributed by atoms with E-state index in [1.807, 2.05) is 0 Å². The molecule has 7 rings (SSSR count). The summed E-state index contributed by atoms with van der Waals surface area (Å²) in [5.41, 5.74) is 0.808. The topological polar surface area (TPSA) is 52.2 Å². The highest BCUT2D eigenvalue weighted by Crippen LogP contribution is 2.52. The van der Waals surface area contributed by atoms with E-state index < -0.39 is 6.17 Å². The molecule has 392 valence electrons. The SMILES string of the molecule is CC(C)N1CCCC2(CC2)C1.CC(C)N1CCCCC1.CC(C)N1CCN(C)CC1.CC(F)CN1CCN(C(C)C)CC1.CC1CCCN(C(C)C)C1.COC(=O)C1CCN(C(C)C)CC1. The molecule has 6 aliphatic heterocycles. The van der Waals surface area contributed by atoms with Crippen LogP contribution in [0.1, 0.15) is 168 Å². The Morgan fingerprint density at radius 3 is 1.33 bits per heavy atom. The van der Waals surface area contributed by atoms with E-state index in [1.54, 1.807) is 6.92 Å². The fourth-order valence-corrected chi connectivity index (χ4v) is 10.4. The highest BCUT2D eigenvalue weighted by Gasteiger charge is 2.45. The van der Waals surface area contributed by atoms with E-state index in [0.29, 0.717) is 18.6 Å². The second kappa shape index (κ2) is 32.9. The Morgan fingerprint density at radius 1 is 0.515 bits per heavy atom. The van der Waals surface area contributed by atoms with Gasteiger partial charge in [-0.1, -0.05) is 13.3 Å². The van der Waals surface area contributed by atoms with E-state index in [2.05, 4.69) is 136 Å². The molecule has 2 unspecified atom stereocenters. The molecule has 6 saturated heterocycles. The summed E-state index contributed by atoms with van der Waals surface area (Å²) in [6, 6.07) is 4.25. The molecule has 0 N–H and O–H groups in total. The van der Waals surface area contributed by atoms with E-state index in [9.17, 15) is 9.18 Å². The maximum absolute atomic E-state index is 12.7. The summed E-state index contributed by atoms with van der Waals surface area (Å²) in [6.07, 6.45) is 14.3. The van der Waals surface area contributed by atoms with Gasteiger partial charge in [0.25, 0.3) is 0 Å². The van der Waals surface area contributed by atoms with Crippen molar-refractivity contribution in [3.8, 4) is 0 Å². The minimum absolute atomic E-state index is 0.0385. The van der Waals surface area contributed by atoms with Gasteiger partial charge in [0, 0.05) is 108 Å². The van der Waals surface area contributed by atoms with Gasteiger partial charge in [0.15, 0.2) is 0 Å². The Hall–Kier alpha value is -0.920. The van der Waals surface area contributed by atoms with Gasteiger partial charge < -0.3 is 29.2 Å². The lowest BCUT2D eigenvalue weighted by Crippen LogP contribution is -2.49. The second-order valence-electron chi connectivity index (χ2n) is 23.3. The third kappa shape index (κ3) is 25.3. The zero-order chi connectivity index (χ0) is 49.4. The van der Waals surface area contributed by atoms with Crippen LogP contribution in [-0.2, 0) is 9.53 Å². The number of alkyl halides is 1. The Labute approximate surface area is 410 Å². The number of halogens is 1. The van der Waals surface area contributed by atoms with Crippen molar-refractivity contribution in [3.05, 3.63) is 0 Å². The molecule has 1 aliphatic carbocycles. The van der Waals surface area contributed by atoms with Gasteiger partial charge in [0.05, 0.1) is 13.0 Å². The summed E-state index contributed by atoms with van der Waals surface area (Å²) in [7, 11) is 3.66. The molecule has 0 amide bonds. The first kappa shape index (κ1) is 61.2. The van der Waals surface area contributed by atoms with Crippen molar-refractivity contribution < 1.29 is 13.9 Å². The van der Waals surface area contributed by atoms with Crippen LogP contribution in [0.25, 0.3) is 0 Å². The fraction of sp³-hybridized carbons (Fsp3) is 0.982. The zero-order valence-electron chi connectivity index (χ0n) is 46.8. The second-order valence-corrected chi connectivity index (χ2v) is 23.3. The number of piperazine rings is 2. The summed E-state index contributed by atoms with van der Waals surface area (Å²) in [6.45, 7) is 51.0. The highest BCUT2D eigenvalue weighted by molar-refractivity contribution is 5.72. The molecule has 0 aromatic heterocycles. The molecular weight excluding hydrogens is 824 g/mol. The van der Waals surface area contributed by atoms with Crippen molar-refractivity contribution in [2.75, 3.05) is 125 Å². The van der Waals surface area contributed by atoms with Gasteiger partial charge in [-0.05, 0) is 212 Å². The van der Waals surface area contributed by atoms with Crippen LogP contribution in [0.2, 0.25) is 0 Å². The van der Waals surface area contributed by atoms with Crippen molar-refractivity contribution >= 4 is 5.97 Å². The molecule has 66 heavy (non-hydrogen) atoms. The molecule has 1 spiro atoms. The Balaban J connectivity index is 0.000000273. The number of methoxy groups -OCH3 is 1. The summed E-state index contributed by atoms with van der Waals surface area (Å²) < 4.78 is 17.4. The number of carbonyl (C=O) groups excluding carboxylic acids is 1. The Bertz CT molecular complexity index is 1200. The number of ether oxygens (including phenoxy) is 1. The van der Waals surface area contributed by atoms with Crippen LogP contribution in [0, 0.1) is 17.3 Å². The summed E-state index contributed by atoms with van der Waals surface area (Å²) >= 11 is 0. The average Bonchev–Trinajstić information content (AvgIpc) is 4.05. The van der Waals surface area contributed by atoms with Crippen LogP contribution >= 0.6 is 0 Å². The van der Waals surface area contributed by atoms with Crippen molar-refractivity contribution in [2.24, 2.45) is 17.3 Å². The molecular formula is C55H113FN8O2. The minimum Gasteiger partial charge on any atom is -0.469 e. The molecule has 10 nitrogen and oxygen atoms in total. The van der Waals surface area contributed by atoms with Crippen LogP contribution in [0.4, 0.5) is 4.39 Å². The summed E-state index contributed by atoms with van der Waals surface area (Å²) in [5.74, 6) is 1.03. The van der Waals surface area contributed by atoms with Gasteiger partial charge >= 0.3 is 5.97 Å². The molecule has 6 heterocycles. The predicted molar refractivity (Wildman–Crippen MR) is 283 cm³/mol. The number of hydrogen-bond donors (Lipinski definition) is 0. The quantitative estimate of drug-likeness (QED) is 0.209. The van der Waals surface area contributed by atoms with Crippen molar-refractivity contribution in [2.45, 2.75) is 210 Å². The first-order valence-corrected chi connectivity index (χ1v) is 27.7. The monoisotopic (exact) mass is 937 g/mol. The number of piperidine rings is 4. The number of likely N-dealkylation sites (N-methyl/N-ethyl adjacent to an activating group) is 1. The largest absolute Gasteiger partial charge is 0.469 e. The standard InChI is InChI=1S/C10H21FN2.C10H19NO2.C10H19N.C9H19N.C8H18N2.C8H17N/c1-9(2)13-6-4-12(5-7-13)8-10(3)11;1-8(2)11-6-4-9(5-7-11)10(12)13-3;1-9(2)11-7-3-4-10(8-11)5-6-10;1-8(2)10-6-4-5-9(3)7-10;1-8(2)10-6-4-9(3)5-7-10;1-8(2)9-6-4-3-5-7-9/h9-10H,4-8H2,1-3H3;8-9H,4-7H2,1-3H3;9H,3-8H2,1-2H3;8-9H,4-7H2,1-3H3;8H,4-7H2,1-3H3;8H,3-7H2,1-2H3. The number of esters is 1. The van der Waals surface area contributed by atoms with Crippen LogP contribution in [-0.4, -0.2) is 213 Å². The molecule has 2 atom stereocenters. The molecule has 7 fully saturated rings. The van der Waals surface area contributed by atoms with Gasteiger partial charge in [0.1, 0.15) is 6.17 Å². The average molecular weight is 938 g/mol. The zero-order valence-corrected chi connectivity index (χ0v) is 46.8. The summed E-state index contributed by atoms with van der Waals surface area (Å²) in [4.78, 5) is 31.0. The highest BCUT2D eigenvalue weighted by atomic mass is 19.1. The number of nitrogens with zero attached hydrogens (tertiary/aromatic N) is 8. The number of hydrogen-bond acceptors (Lipinski definition) is 10. The van der Waals surface area contributed by atoms with Crippen LogP contribution in [0.3, 0.4) is 0 Å². The van der Waals surface area contributed by atoms with Crippen molar-refractivity contribution in [1.82, 2.24) is 39.2 Å². The Morgan fingerprint density at radius 2 is 0.939 bits per heavy atom. The third-order valence-corrected chi connectivity index (χ3v) is 15.6. The normalized spacial score (nSPS) is 24.9. The molecule has 0 bridgehead atoms. The van der Waals surface area contributed by atoms with Crippen LogP contribution < -0.4 is 0 Å². The Kier molecular flexibility index (Phi) is 30.5.